The molecule has 2 fully saturated rings. The first-order valence-electron chi connectivity index (χ1n) is 12.3. The van der Waals surface area contributed by atoms with Gasteiger partial charge >= 0.3 is 0 Å². The van der Waals surface area contributed by atoms with E-state index in [2.05, 4.69) is 71.9 Å². The largest absolute Gasteiger partial charge is 0.252 e. The van der Waals surface area contributed by atoms with Gasteiger partial charge in [-0.25, -0.2) is 4.89 Å². The van der Waals surface area contributed by atoms with Crippen LogP contribution in [0.25, 0.3) is 0 Å². The lowest BCUT2D eigenvalue weighted by Crippen LogP contribution is -2.41. The average molecular weight is 411 g/mol. The maximum absolute atomic E-state index is 9.18. The van der Waals surface area contributed by atoms with Crippen molar-refractivity contribution in [3.8, 4) is 0 Å². The molecule has 4 rings (SSSR count). The Morgan fingerprint density at radius 1 is 1.07 bits per heavy atom. The van der Waals surface area contributed by atoms with Crippen molar-refractivity contribution in [2.24, 2.45) is 40.4 Å². The van der Waals surface area contributed by atoms with Crippen LogP contribution in [-0.4, -0.2) is 11.4 Å². The molecule has 0 aromatic heterocycles. The van der Waals surface area contributed by atoms with Gasteiger partial charge in [0.2, 0.25) is 0 Å². The summed E-state index contributed by atoms with van der Waals surface area (Å²) in [5, 5.41) is 9.18. The van der Waals surface area contributed by atoms with Gasteiger partial charge in [0.1, 0.15) is 0 Å². The molecular formula is C28H42O2. The number of rotatable bonds is 5. The van der Waals surface area contributed by atoms with Crippen LogP contribution in [0.3, 0.4) is 0 Å². The smallest absolute Gasteiger partial charge is 0.0965 e. The Balaban J connectivity index is 1.59. The van der Waals surface area contributed by atoms with Crippen molar-refractivity contribution < 1.29 is 10.1 Å². The summed E-state index contributed by atoms with van der Waals surface area (Å²) in [5.74, 6) is 3.44. The average Bonchev–Trinajstić information content (AvgIpc) is 3.08. The second kappa shape index (κ2) is 8.10. The summed E-state index contributed by atoms with van der Waals surface area (Å²) in [6.45, 7) is 14.4. The van der Waals surface area contributed by atoms with Crippen molar-refractivity contribution >= 4 is 0 Å². The third-order valence-electron chi connectivity index (χ3n) is 9.58. The number of allylic oxidation sites excluding steroid dienone is 7. The van der Waals surface area contributed by atoms with E-state index in [-0.39, 0.29) is 11.5 Å². The van der Waals surface area contributed by atoms with E-state index in [0.29, 0.717) is 29.1 Å². The number of hydrogen-bond acceptors (Lipinski definition) is 2. The van der Waals surface area contributed by atoms with E-state index in [9.17, 15) is 5.26 Å². The third-order valence-corrected chi connectivity index (χ3v) is 9.58. The molecular weight excluding hydrogens is 368 g/mol. The minimum atomic E-state index is -0.0366. The molecule has 166 valence electrons. The monoisotopic (exact) mass is 410 g/mol. The molecule has 0 aliphatic heterocycles. The normalized spacial score (nSPS) is 40.3. The maximum atomic E-state index is 9.18. The summed E-state index contributed by atoms with van der Waals surface area (Å²) < 4.78 is 0. The highest BCUT2D eigenvalue weighted by Gasteiger charge is 2.54. The molecule has 4 aliphatic rings. The Kier molecular flexibility index (Phi) is 5.96. The molecule has 7 unspecified atom stereocenters. The molecule has 2 nitrogen and oxygen atoms in total. The molecule has 0 bridgehead atoms. The molecule has 0 aromatic carbocycles. The van der Waals surface area contributed by atoms with Crippen LogP contribution in [0.2, 0.25) is 0 Å². The third kappa shape index (κ3) is 3.48. The predicted molar refractivity (Wildman–Crippen MR) is 125 cm³/mol. The van der Waals surface area contributed by atoms with E-state index in [1.54, 1.807) is 11.1 Å². The van der Waals surface area contributed by atoms with Gasteiger partial charge in [0.05, 0.1) is 6.10 Å². The maximum Gasteiger partial charge on any atom is 0.0965 e. The van der Waals surface area contributed by atoms with E-state index >= 15 is 0 Å². The zero-order valence-electron chi connectivity index (χ0n) is 19.9. The lowest BCUT2D eigenvalue weighted by molar-refractivity contribution is -0.282. The molecule has 0 saturated heterocycles. The fraction of sp³-hybridized carbons (Fsp3) is 0.714. The molecule has 4 aliphatic carbocycles. The van der Waals surface area contributed by atoms with E-state index in [4.69, 9.17) is 4.89 Å². The zero-order valence-corrected chi connectivity index (χ0v) is 19.9. The van der Waals surface area contributed by atoms with Gasteiger partial charge in [0.25, 0.3) is 0 Å². The Morgan fingerprint density at radius 2 is 1.83 bits per heavy atom. The minimum absolute atomic E-state index is 0.0366. The summed E-state index contributed by atoms with van der Waals surface area (Å²) in [6.07, 6.45) is 19.1. The molecule has 0 aromatic rings. The van der Waals surface area contributed by atoms with Crippen molar-refractivity contribution in [1.82, 2.24) is 0 Å². The second-order valence-corrected chi connectivity index (χ2v) is 11.5. The molecule has 7 atom stereocenters. The summed E-state index contributed by atoms with van der Waals surface area (Å²) in [5.41, 5.74) is 5.16. The minimum Gasteiger partial charge on any atom is -0.252 e. The summed E-state index contributed by atoms with van der Waals surface area (Å²) in [7, 11) is 0. The van der Waals surface area contributed by atoms with Gasteiger partial charge in [-0.15, -0.1) is 0 Å². The molecule has 30 heavy (non-hydrogen) atoms. The highest BCUT2D eigenvalue weighted by molar-refractivity contribution is 5.53. The van der Waals surface area contributed by atoms with Crippen LogP contribution in [0, 0.1) is 40.4 Å². The lowest BCUT2D eigenvalue weighted by atomic mass is 9.54. The molecule has 2 heteroatoms. The summed E-state index contributed by atoms with van der Waals surface area (Å²) in [4.78, 5) is 4.71. The Bertz CT molecular complexity index is 784. The van der Waals surface area contributed by atoms with E-state index in [1.807, 2.05) is 0 Å². The topological polar surface area (TPSA) is 29.5 Å². The number of hydrogen-bond donors (Lipinski definition) is 1. The van der Waals surface area contributed by atoms with E-state index in [0.717, 1.165) is 25.2 Å². The van der Waals surface area contributed by atoms with Crippen molar-refractivity contribution in [1.29, 1.82) is 0 Å². The van der Waals surface area contributed by atoms with Crippen LogP contribution >= 0.6 is 0 Å². The summed E-state index contributed by atoms with van der Waals surface area (Å²) in [6, 6.07) is 0. The van der Waals surface area contributed by atoms with Crippen LogP contribution in [0.1, 0.15) is 80.1 Å². The number of fused-ring (bicyclic) bond motifs is 5. The SMILES string of the molecule is CC(C)C(C)C=CC(C)C1CCC2C3=CC=C4CC(OO)CCC4(C)C3=CCC21C. The van der Waals surface area contributed by atoms with Crippen LogP contribution in [0.5, 0.6) is 0 Å². The Morgan fingerprint density at radius 3 is 2.53 bits per heavy atom. The zero-order chi connectivity index (χ0) is 21.7. The molecule has 1 N–H and O–H groups in total. The predicted octanol–water partition coefficient (Wildman–Crippen LogP) is 7.75. The van der Waals surface area contributed by atoms with Gasteiger partial charge in [0, 0.05) is 5.41 Å². The van der Waals surface area contributed by atoms with Gasteiger partial charge in [-0.05, 0) is 84.7 Å². The molecule has 0 heterocycles. The van der Waals surface area contributed by atoms with Crippen molar-refractivity contribution in [2.75, 3.05) is 0 Å². The lowest BCUT2D eigenvalue weighted by Gasteiger charge is -2.50. The van der Waals surface area contributed by atoms with Gasteiger partial charge < -0.3 is 0 Å². The quantitative estimate of drug-likeness (QED) is 0.285. The van der Waals surface area contributed by atoms with E-state index in [1.165, 1.54) is 24.8 Å². The van der Waals surface area contributed by atoms with Crippen molar-refractivity contribution in [3.05, 3.63) is 47.1 Å². The molecule has 0 spiro atoms. The highest BCUT2D eigenvalue weighted by Crippen LogP contribution is 2.64. The van der Waals surface area contributed by atoms with Crippen LogP contribution in [0.4, 0.5) is 0 Å². The first-order chi connectivity index (χ1) is 14.2. The molecule has 0 amide bonds. The first-order valence-corrected chi connectivity index (χ1v) is 12.3. The van der Waals surface area contributed by atoms with Crippen LogP contribution < -0.4 is 0 Å². The van der Waals surface area contributed by atoms with Crippen molar-refractivity contribution in [2.45, 2.75) is 86.2 Å². The Hall–Kier alpha value is -1.12. The fourth-order valence-electron chi connectivity index (χ4n) is 7.04. The van der Waals surface area contributed by atoms with Gasteiger partial charge in [0.15, 0.2) is 0 Å². The fourth-order valence-corrected chi connectivity index (χ4v) is 7.04. The first kappa shape index (κ1) is 22.1. The Labute approximate surface area is 184 Å². The van der Waals surface area contributed by atoms with Crippen molar-refractivity contribution in [3.63, 3.8) is 0 Å². The van der Waals surface area contributed by atoms with Crippen LogP contribution in [0.15, 0.2) is 47.1 Å². The summed E-state index contributed by atoms with van der Waals surface area (Å²) >= 11 is 0. The van der Waals surface area contributed by atoms with Gasteiger partial charge in [-0.3, -0.25) is 5.26 Å². The molecule has 0 radical (unpaired) electrons. The van der Waals surface area contributed by atoms with Crippen LogP contribution in [-0.2, 0) is 4.89 Å². The standard InChI is InChI=1S/C28H42O2/c1-18(2)19(3)7-8-20(4)24-11-12-25-23-10-9-21-17-22(30-29)13-15-27(21,5)26(23)14-16-28(24,25)6/h7-10,14,18-20,22,24-25,29H,11-13,15-17H2,1-6H3. The van der Waals surface area contributed by atoms with Gasteiger partial charge in [-0.1, -0.05) is 77.5 Å². The highest BCUT2D eigenvalue weighted by atomic mass is 17.1. The van der Waals surface area contributed by atoms with E-state index < -0.39 is 0 Å². The second-order valence-electron chi connectivity index (χ2n) is 11.5. The molecule has 2 saturated carbocycles. The van der Waals surface area contributed by atoms with Gasteiger partial charge in [-0.2, -0.15) is 0 Å².